The minimum absolute atomic E-state index is 0.247. The average molecular weight is 509 g/mol. The molecule has 2 heterocycles. The van der Waals surface area contributed by atoms with E-state index in [-0.39, 0.29) is 5.69 Å². The first-order valence-corrected chi connectivity index (χ1v) is 11.7. The van der Waals surface area contributed by atoms with Crippen molar-refractivity contribution in [3.63, 3.8) is 0 Å². The molecule has 0 aliphatic rings. The quantitative estimate of drug-likeness (QED) is 0.261. The van der Waals surface area contributed by atoms with Crippen LogP contribution in [0.1, 0.15) is 17.7 Å². The Morgan fingerprint density at radius 2 is 1.73 bits per heavy atom. The fourth-order valence-electron chi connectivity index (χ4n) is 3.87. The highest BCUT2D eigenvalue weighted by molar-refractivity contribution is 6.00. The van der Waals surface area contributed by atoms with Crippen LogP contribution in [0.2, 0.25) is 0 Å². The maximum absolute atomic E-state index is 12.7. The number of nitrogens with one attached hydrogen (secondary N) is 3. The lowest BCUT2D eigenvalue weighted by molar-refractivity contribution is -0.137. The van der Waals surface area contributed by atoms with E-state index in [2.05, 4.69) is 36.8 Å². The lowest BCUT2D eigenvalue weighted by atomic mass is 10.0. The monoisotopic (exact) mass is 508 g/mol. The van der Waals surface area contributed by atoms with Crippen molar-refractivity contribution in [2.45, 2.75) is 19.0 Å². The maximum Gasteiger partial charge on any atom is 0.416 e. The lowest BCUT2D eigenvalue weighted by Gasteiger charge is -2.11. The summed E-state index contributed by atoms with van der Waals surface area (Å²) in [7, 11) is 4.09. The first-order valence-electron chi connectivity index (χ1n) is 11.7. The molecule has 2 aromatic heterocycles. The van der Waals surface area contributed by atoms with Gasteiger partial charge in [-0.05, 0) is 87.6 Å². The minimum atomic E-state index is -4.43. The first kappa shape index (κ1) is 25.9. The van der Waals surface area contributed by atoms with Crippen molar-refractivity contribution in [1.82, 2.24) is 20.1 Å². The largest absolute Gasteiger partial charge is 0.416 e. The summed E-state index contributed by atoms with van der Waals surface area (Å²) in [6, 6.07) is 14.9. The second-order valence-electron chi connectivity index (χ2n) is 8.84. The number of aromatic amines is 1. The van der Waals surface area contributed by atoms with Gasteiger partial charge in [-0.15, -0.1) is 0 Å². The van der Waals surface area contributed by atoms with Crippen molar-refractivity contribution in [1.29, 1.82) is 0 Å². The predicted octanol–water partition coefficient (Wildman–Crippen LogP) is 6.30. The molecule has 0 fully saturated rings. The molecule has 2 amide bonds. The Morgan fingerprint density at radius 1 is 0.973 bits per heavy atom. The van der Waals surface area contributed by atoms with Crippen molar-refractivity contribution >= 4 is 17.4 Å². The molecule has 37 heavy (non-hydrogen) atoms. The summed E-state index contributed by atoms with van der Waals surface area (Å²) in [5.74, 6) is 0. The second kappa shape index (κ2) is 11.3. The third kappa shape index (κ3) is 6.95. The van der Waals surface area contributed by atoms with E-state index in [9.17, 15) is 18.0 Å². The molecular weight excluding hydrogens is 481 g/mol. The molecule has 4 rings (SSSR count). The van der Waals surface area contributed by atoms with Crippen molar-refractivity contribution < 1.29 is 18.0 Å². The molecule has 0 radical (unpaired) electrons. The van der Waals surface area contributed by atoms with Crippen LogP contribution in [0.4, 0.5) is 29.3 Å². The zero-order chi connectivity index (χ0) is 26.4. The van der Waals surface area contributed by atoms with Crippen LogP contribution in [0.3, 0.4) is 0 Å². The van der Waals surface area contributed by atoms with Crippen LogP contribution in [0.15, 0.2) is 73.1 Å². The number of carbonyl (C=O) groups excluding carboxylic acids is 1. The van der Waals surface area contributed by atoms with Crippen LogP contribution in [0, 0.1) is 0 Å². The molecule has 0 unspecified atom stereocenters. The molecule has 0 atom stereocenters. The number of benzene rings is 2. The van der Waals surface area contributed by atoms with Crippen LogP contribution < -0.4 is 10.6 Å². The molecule has 0 bridgehead atoms. The van der Waals surface area contributed by atoms with Crippen molar-refractivity contribution in [2.75, 3.05) is 31.3 Å². The predicted molar refractivity (Wildman–Crippen MR) is 138 cm³/mol. The van der Waals surface area contributed by atoms with E-state index >= 15 is 0 Å². The number of halogens is 3. The fraction of sp³-hybridized carbons (Fsp3) is 0.222. The first-order chi connectivity index (χ1) is 17.7. The van der Waals surface area contributed by atoms with Crippen LogP contribution in [-0.2, 0) is 12.6 Å². The summed E-state index contributed by atoms with van der Waals surface area (Å²) >= 11 is 0. The van der Waals surface area contributed by atoms with E-state index in [1.165, 1.54) is 12.1 Å². The van der Waals surface area contributed by atoms with Gasteiger partial charge in [0.25, 0.3) is 0 Å². The van der Waals surface area contributed by atoms with Gasteiger partial charge < -0.3 is 15.5 Å². The minimum Gasteiger partial charge on any atom is -0.309 e. The Bertz CT molecular complexity index is 1350. The lowest BCUT2D eigenvalue weighted by Crippen LogP contribution is -2.19. The van der Waals surface area contributed by atoms with E-state index in [1.807, 2.05) is 26.2 Å². The van der Waals surface area contributed by atoms with Crippen molar-refractivity contribution in [3.05, 3.63) is 84.3 Å². The molecule has 0 aliphatic carbocycles. The number of anilines is 2. The molecule has 0 aliphatic heterocycles. The molecule has 7 nitrogen and oxygen atoms in total. The maximum atomic E-state index is 12.7. The summed E-state index contributed by atoms with van der Waals surface area (Å²) in [6.07, 6.45) is 0.986. The van der Waals surface area contributed by atoms with Crippen LogP contribution in [0.25, 0.3) is 22.4 Å². The second-order valence-corrected chi connectivity index (χ2v) is 8.84. The summed E-state index contributed by atoms with van der Waals surface area (Å²) in [5.41, 5.74) is 4.47. The number of carbonyl (C=O) groups is 1. The summed E-state index contributed by atoms with van der Waals surface area (Å²) in [5, 5.41) is 12.5. The fourth-order valence-corrected chi connectivity index (χ4v) is 3.87. The van der Waals surface area contributed by atoms with E-state index in [0.717, 1.165) is 59.6 Å². The zero-order valence-electron chi connectivity index (χ0n) is 20.4. The van der Waals surface area contributed by atoms with Crippen molar-refractivity contribution in [3.8, 4) is 22.4 Å². The number of H-pyrrole nitrogens is 1. The molecule has 3 N–H and O–H groups in total. The number of amides is 2. The van der Waals surface area contributed by atoms with Gasteiger partial charge in [-0.2, -0.15) is 18.3 Å². The molecule has 192 valence electrons. The summed E-state index contributed by atoms with van der Waals surface area (Å²) < 4.78 is 38.2. The van der Waals surface area contributed by atoms with Gasteiger partial charge in [0.2, 0.25) is 0 Å². The highest BCUT2D eigenvalue weighted by atomic mass is 19.4. The molecule has 2 aromatic carbocycles. The standard InChI is InChI=1S/C27H27F3N6O/c1-36(2)14-4-7-22-15-18(12-13-31-22)24-17-32-35-25(24)19-5-3-6-23(16-19)34-26(37)33-21-10-8-20(9-11-21)27(28,29)30/h3,5-6,8-13,15-17H,4,7,14H2,1-2H3,(H,32,35)(H2,33,34,37). The number of urea groups is 1. The molecular formula is C27H27F3N6O. The number of aromatic nitrogens is 3. The molecule has 0 spiro atoms. The van der Waals surface area contributed by atoms with Crippen LogP contribution in [0.5, 0.6) is 0 Å². The van der Waals surface area contributed by atoms with Gasteiger partial charge in [0.15, 0.2) is 0 Å². The number of aryl methyl sites for hydroxylation is 1. The number of hydrogen-bond acceptors (Lipinski definition) is 4. The Morgan fingerprint density at radius 3 is 2.46 bits per heavy atom. The van der Waals surface area contributed by atoms with Gasteiger partial charge in [-0.25, -0.2) is 4.79 Å². The van der Waals surface area contributed by atoms with E-state index in [4.69, 9.17) is 0 Å². The van der Waals surface area contributed by atoms with Gasteiger partial charge in [0.05, 0.1) is 17.5 Å². The third-order valence-electron chi connectivity index (χ3n) is 5.68. The van der Waals surface area contributed by atoms with Crippen LogP contribution in [-0.4, -0.2) is 46.8 Å². The summed E-state index contributed by atoms with van der Waals surface area (Å²) in [4.78, 5) is 19.1. The number of rotatable bonds is 8. The van der Waals surface area contributed by atoms with E-state index < -0.39 is 17.8 Å². The highest BCUT2D eigenvalue weighted by Crippen LogP contribution is 2.32. The third-order valence-corrected chi connectivity index (χ3v) is 5.68. The Balaban J connectivity index is 1.46. The van der Waals surface area contributed by atoms with Gasteiger partial charge in [0.1, 0.15) is 0 Å². The van der Waals surface area contributed by atoms with Gasteiger partial charge in [-0.1, -0.05) is 12.1 Å². The summed E-state index contributed by atoms with van der Waals surface area (Å²) in [6.45, 7) is 0.981. The number of alkyl halides is 3. The Labute approximate surface area is 212 Å². The number of pyridine rings is 1. The van der Waals surface area contributed by atoms with E-state index in [0.29, 0.717) is 5.69 Å². The average Bonchev–Trinajstić information content (AvgIpc) is 3.34. The Kier molecular flexibility index (Phi) is 7.88. The zero-order valence-corrected chi connectivity index (χ0v) is 20.4. The van der Waals surface area contributed by atoms with Gasteiger partial charge >= 0.3 is 12.2 Å². The SMILES string of the molecule is CN(C)CCCc1cc(-c2cn[nH]c2-c2cccc(NC(=O)Nc3ccc(C(F)(F)F)cc3)c2)ccn1. The topological polar surface area (TPSA) is 85.9 Å². The number of nitrogens with zero attached hydrogens (tertiary/aromatic N) is 3. The molecule has 0 saturated carbocycles. The van der Waals surface area contributed by atoms with Crippen molar-refractivity contribution in [2.24, 2.45) is 0 Å². The molecule has 10 heteroatoms. The Hall–Kier alpha value is -4.18. The molecule has 0 saturated heterocycles. The number of hydrogen-bond donors (Lipinski definition) is 3. The van der Waals surface area contributed by atoms with E-state index in [1.54, 1.807) is 30.6 Å². The van der Waals surface area contributed by atoms with Gasteiger partial charge in [-0.3, -0.25) is 10.1 Å². The van der Waals surface area contributed by atoms with Crippen LogP contribution >= 0.6 is 0 Å². The highest BCUT2D eigenvalue weighted by Gasteiger charge is 2.30. The smallest absolute Gasteiger partial charge is 0.309 e. The molecule has 4 aromatic rings. The normalized spacial score (nSPS) is 11.5. The van der Waals surface area contributed by atoms with Gasteiger partial charge in [0, 0.05) is 34.4 Å².